The van der Waals surface area contributed by atoms with E-state index in [9.17, 15) is 29.7 Å². The molecule has 6 nitrogen and oxygen atoms in total. The minimum atomic E-state index is -2.11. The molecule has 146 valence electrons. The van der Waals surface area contributed by atoms with E-state index in [2.05, 4.69) is 0 Å². The van der Waals surface area contributed by atoms with Crippen LogP contribution in [0, 0.1) is 28.6 Å². The van der Waals surface area contributed by atoms with Crippen molar-refractivity contribution in [2.45, 2.75) is 51.2 Å². The maximum Gasteiger partial charge on any atom is 0.192 e. The van der Waals surface area contributed by atoms with Crippen molar-refractivity contribution in [3.8, 4) is 0 Å². The fourth-order valence-corrected chi connectivity index (χ4v) is 6.67. The molecule has 0 saturated heterocycles. The predicted octanol–water partition coefficient (Wildman–Crippen LogP) is 0.737. The number of fused-ring (bicyclic) bond motifs is 5. The monoisotopic (exact) mass is 374 g/mol. The number of aliphatic hydroxyl groups is 3. The quantitative estimate of drug-likeness (QED) is 0.657. The van der Waals surface area contributed by atoms with Crippen LogP contribution in [0.1, 0.15) is 39.5 Å². The number of carbonyl (C=O) groups is 3. The minimum absolute atomic E-state index is 0.0250. The first kappa shape index (κ1) is 18.7. The van der Waals surface area contributed by atoms with Gasteiger partial charge < -0.3 is 15.3 Å². The molecule has 0 aromatic rings. The largest absolute Gasteiger partial charge is 0.390 e. The maximum absolute atomic E-state index is 13.3. The van der Waals surface area contributed by atoms with Crippen LogP contribution in [0.4, 0.5) is 0 Å². The van der Waals surface area contributed by atoms with Crippen LogP contribution >= 0.6 is 0 Å². The Balaban J connectivity index is 1.79. The summed E-state index contributed by atoms with van der Waals surface area (Å²) in [6.45, 7) is 2.81. The van der Waals surface area contributed by atoms with Gasteiger partial charge in [0, 0.05) is 23.2 Å². The molecule has 7 atom stereocenters. The van der Waals surface area contributed by atoms with Gasteiger partial charge in [-0.15, -0.1) is 0 Å². The summed E-state index contributed by atoms with van der Waals surface area (Å²) in [6, 6.07) is 0. The van der Waals surface area contributed by atoms with Gasteiger partial charge in [-0.05, 0) is 43.3 Å². The molecule has 4 rings (SSSR count). The molecule has 27 heavy (non-hydrogen) atoms. The van der Waals surface area contributed by atoms with Crippen LogP contribution in [0.2, 0.25) is 0 Å². The van der Waals surface area contributed by atoms with E-state index in [1.807, 2.05) is 13.0 Å². The summed E-state index contributed by atoms with van der Waals surface area (Å²) in [7, 11) is 0. The first-order valence-corrected chi connectivity index (χ1v) is 9.61. The molecule has 0 bridgehead atoms. The Hall–Kier alpha value is -1.63. The van der Waals surface area contributed by atoms with Gasteiger partial charge in [-0.1, -0.05) is 25.5 Å². The fraction of sp³-hybridized carbons (Fsp3) is 0.667. The second kappa shape index (κ2) is 5.69. The maximum atomic E-state index is 13.3. The molecule has 0 aromatic heterocycles. The Bertz CT molecular complexity index is 796. The average molecular weight is 374 g/mol. The predicted molar refractivity (Wildman–Crippen MR) is 95.4 cm³/mol. The molecule has 3 fully saturated rings. The number of aliphatic hydroxyl groups excluding tert-OH is 2. The lowest BCUT2D eigenvalue weighted by molar-refractivity contribution is -0.179. The van der Waals surface area contributed by atoms with Crippen LogP contribution in [0.3, 0.4) is 0 Å². The number of allylic oxidation sites excluding steroid dienone is 4. The Morgan fingerprint density at radius 1 is 1.30 bits per heavy atom. The van der Waals surface area contributed by atoms with Crippen LogP contribution in [-0.2, 0) is 14.4 Å². The smallest absolute Gasteiger partial charge is 0.192 e. The summed E-state index contributed by atoms with van der Waals surface area (Å²) in [5, 5.41) is 31.1. The van der Waals surface area contributed by atoms with Crippen molar-refractivity contribution >= 4 is 17.3 Å². The van der Waals surface area contributed by atoms with Crippen molar-refractivity contribution in [2.75, 3.05) is 6.61 Å². The number of ketones is 3. The second-order valence-electron chi connectivity index (χ2n) is 9.13. The van der Waals surface area contributed by atoms with E-state index in [0.717, 1.165) is 5.57 Å². The molecule has 0 aliphatic heterocycles. The molecule has 0 aromatic carbocycles. The van der Waals surface area contributed by atoms with Gasteiger partial charge in [-0.25, -0.2) is 0 Å². The highest BCUT2D eigenvalue weighted by molar-refractivity contribution is 6.02. The molecule has 4 aliphatic rings. The van der Waals surface area contributed by atoms with Gasteiger partial charge in [-0.3, -0.25) is 14.4 Å². The van der Waals surface area contributed by atoms with E-state index in [1.165, 1.54) is 6.08 Å². The third-order valence-electron chi connectivity index (χ3n) is 8.05. The molecule has 3 N–H and O–H groups in total. The Kier molecular flexibility index (Phi) is 3.94. The lowest BCUT2D eigenvalue weighted by atomic mass is 9.46. The Labute approximate surface area is 158 Å². The summed E-state index contributed by atoms with van der Waals surface area (Å²) < 4.78 is 0. The lowest BCUT2D eigenvalue weighted by Crippen LogP contribution is -2.63. The summed E-state index contributed by atoms with van der Waals surface area (Å²) in [5.74, 6) is -1.57. The summed E-state index contributed by atoms with van der Waals surface area (Å²) in [5.41, 5.74) is -2.78. The van der Waals surface area contributed by atoms with E-state index >= 15 is 0 Å². The lowest BCUT2D eigenvalue weighted by Gasteiger charge is -2.56. The molecular weight excluding hydrogens is 348 g/mol. The zero-order chi connectivity index (χ0) is 19.8. The van der Waals surface area contributed by atoms with Crippen LogP contribution in [-0.4, -0.2) is 51.0 Å². The van der Waals surface area contributed by atoms with Gasteiger partial charge >= 0.3 is 0 Å². The van der Waals surface area contributed by atoms with Gasteiger partial charge in [0.1, 0.15) is 12.4 Å². The second-order valence-corrected chi connectivity index (χ2v) is 9.13. The highest BCUT2D eigenvalue weighted by Crippen LogP contribution is 2.66. The Morgan fingerprint density at radius 3 is 2.67 bits per heavy atom. The average Bonchev–Trinajstić information content (AvgIpc) is 2.82. The van der Waals surface area contributed by atoms with Crippen molar-refractivity contribution < 1.29 is 29.7 Å². The molecule has 6 heteroatoms. The molecule has 4 aliphatic carbocycles. The number of rotatable bonds is 2. The van der Waals surface area contributed by atoms with E-state index in [1.54, 1.807) is 13.0 Å². The molecule has 0 unspecified atom stereocenters. The number of Topliss-reactive ketones (excluding diaryl/α,β-unsaturated/α-hetero) is 2. The van der Waals surface area contributed by atoms with Crippen LogP contribution < -0.4 is 0 Å². The molecule has 0 radical (unpaired) electrons. The summed E-state index contributed by atoms with van der Waals surface area (Å²) in [6.07, 6.45) is 5.23. The van der Waals surface area contributed by atoms with E-state index < -0.39 is 34.9 Å². The standard InChI is InChI=1S/C21H26O6/c1-19-6-5-12(23)7-11(19)3-4-13-14-8-16(25)21(27,17(26)10-22)20(14,2)9-15(24)18(13)19/h5-7,13-14,16,18,22,25,27H,3-4,8-10H2,1-2H3/t13-,14-,16+,18-,19-,20-,21-/m0/s1. The fourth-order valence-electron chi connectivity index (χ4n) is 6.67. The van der Waals surface area contributed by atoms with Crippen molar-refractivity contribution in [3.63, 3.8) is 0 Å². The summed E-state index contributed by atoms with van der Waals surface area (Å²) in [4.78, 5) is 37.5. The molecular formula is C21H26O6. The van der Waals surface area contributed by atoms with Crippen molar-refractivity contribution in [1.29, 1.82) is 0 Å². The molecule has 0 heterocycles. The number of hydrogen-bond acceptors (Lipinski definition) is 6. The molecule has 0 amide bonds. The zero-order valence-corrected chi connectivity index (χ0v) is 15.6. The van der Waals surface area contributed by atoms with Gasteiger partial charge in [0.2, 0.25) is 0 Å². The molecule has 3 saturated carbocycles. The van der Waals surface area contributed by atoms with Crippen molar-refractivity contribution in [3.05, 3.63) is 23.8 Å². The normalized spacial score (nSPS) is 48.6. The topological polar surface area (TPSA) is 112 Å². The third-order valence-corrected chi connectivity index (χ3v) is 8.05. The van der Waals surface area contributed by atoms with E-state index in [4.69, 9.17) is 0 Å². The van der Waals surface area contributed by atoms with Crippen molar-refractivity contribution in [2.24, 2.45) is 28.6 Å². The summed E-state index contributed by atoms with van der Waals surface area (Å²) >= 11 is 0. The SMILES string of the molecule is C[C@]12C=CC(=O)C=C1CC[C@@H]1[C@H]2C(=O)C[C@@]2(C)[C@H]1C[C@@H](O)[C@]2(O)C(=O)CO. The van der Waals surface area contributed by atoms with Crippen LogP contribution in [0.25, 0.3) is 0 Å². The highest BCUT2D eigenvalue weighted by Gasteiger charge is 2.71. The minimum Gasteiger partial charge on any atom is -0.390 e. The molecule has 0 spiro atoms. The number of carbonyl (C=O) groups excluding carboxylic acids is 3. The Morgan fingerprint density at radius 2 is 2.00 bits per heavy atom. The first-order chi connectivity index (χ1) is 12.6. The van der Waals surface area contributed by atoms with Gasteiger partial charge in [0.05, 0.1) is 6.10 Å². The van der Waals surface area contributed by atoms with Crippen molar-refractivity contribution in [1.82, 2.24) is 0 Å². The van der Waals surface area contributed by atoms with Gasteiger partial charge in [0.25, 0.3) is 0 Å². The van der Waals surface area contributed by atoms with E-state index in [-0.39, 0.29) is 42.2 Å². The van der Waals surface area contributed by atoms with Gasteiger partial charge in [0.15, 0.2) is 17.2 Å². The van der Waals surface area contributed by atoms with Crippen LogP contribution in [0.5, 0.6) is 0 Å². The zero-order valence-electron chi connectivity index (χ0n) is 15.6. The number of hydrogen-bond donors (Lipinski definition) is 3. The first-order valence-electron chi connectivity index (χ1n) is 9.61. The van der Waals surface area contributed by atoms with E-state index in [0.29, 0.717) is 12.8 Å². The highest BCUT2D eigenvalue weighted by atomic mass is 16.4. The van der Waals surface area contributed by atoms with Gasteiger partial charge in [-0.2, -0.15) is 0 Å². The van der Waals surface area contributed by atoms with Crippen LogP contribution in [0.15, 0.2) is 23.8 Å². The third kappa shape index (κ3) is 2.15.